The van der Waals surface area contributed by atoms with Crippen LogP contribution in [0.1, 0.15) is 37.8 Å². The maximum atomic E-state index is 11.8. The van der Waals surface area contributed by atoms with Crippen molar-refractivity contribution in [3.8, 4) is 0 Å². The first-order valence-electron chi connectivity index (χ1n) is 7.37. The standard InChI is InChI=1S/C16H24N2O3S/c1-11(2)22-10-13-6-4-7-14(12(13)3)18-16(21)17-9-5-8-15(19)20/h4,6-7,11H,5,8-10H2,1-3H3,(H,19,20)(H2,17,18,21). The van der Waals surface area contributed by atoms with E-state index in [2.05, 4.69) is 30.5 Å². The van der Waals surface area contributed by atoms with Crippen LogP contribution < -0.4 is 10.6 Å². The van der Waals surface area contributed by atoms with Crippen molar-refractivity contribution in [1.82, 2.24) is 5.32 Å². The van der Waals surface area contributed by atoms with Gasteiger partial charge in [-0.25, -0.2) is 4.79 Å². The molecule has 0 saturated carbocycles. The SMILES string of the molecule is Cc1c(CSC(C)C)cccc1NC(=O)NCCCC(=O)O. The highest BCUT2D eigenvalue weighted by molar-refractivity contribution is 7.99. The number of carbonyl (C=O) groups excluding carboxylic acids is 1. The molecule has 0 bridgehead atoms. The van der Waals surface area contributed by atoms with Crippen molar-refractivity contribution >= 4 is 29.4 Å². The first kappa shape index (κ1) is 18.4. The molecule has 0 unspecified atom stereocenters. The zero-order valence-electron chi connectivity index (χ0n) is 13.3. The molecule has 1 rings (SSSR count). The summed E-state index contributed by atoms with van der Waals surface area (Å²) in [5, 5.41) is 14.6. The van der Waals surface area contributed by atoms with Crippen LogP contribution in [-0.2, 0) is 10.5 Å². The first-order valence-corrected chi connectivity index (χ1v) is 8.41. The summed E-state index contributed by atoms with van der Waals surface area (Å²) in [6.45, 7) is 6.66. The molecule has 0 aliphatic rings. The van der Waals surface area contributed by atoms with Gasteiger partial charge in [-0.2, -0.15) is 11.8 Å². The number of urea groups is 1. The van der Waals surface area contributed by atoms with Gasteiger partial charge >= 0.3 is 12.0 Å². The molecule has 0 aliphatic carbocycles. The lowest BCUT2D eigenvalue weighted by molar-refractivity contribution is -0.137. The van der Waals surface area contributed by atoms with Gasteiger partial charge in [0.2, 0.25) is 0 Å². The molecule has 0 aromatic heterocycles. The lowest BCUT2D eigenvalue weighted by Gasteiger charge is -2.14. The Morgan fingerprint density at radius 2 is 2.05 bits per heavy atom. The lowest BCUT2D eigenvalue weighted by Crippen LogP contribution is -2.30. The number of carboxylic acid groups (broad SMARTS) is 1. The molecule has 0 heterocycles. The second-order valence-corrected chi connectivity index (χ2v) is 6.89. The summed E-state index contributed by atoms with van der Waals surface area (Å²) in [7, 11) is 0. The number of rotatable bonds is 8. The molecule has 6 heteroatoms. The smallest absolute Gasteiger partial charge is 0.319 e. The topological polar surface area (TPSA) is 78.4 Å². The quantitative estimate of drug-likeness (QED) is 0.638. The van der Waals surface area contributed by atoms with E-state index in [1.807, 2.05) is 30.8 Å². The van der Waals surface area contributed by atoms with Crippen LogP contribution in [0.2, 0.25) is 0 Å². The largest absolute Gasteiger partial charge is 0.481 e. The van der Waals surface area contributed by atoms with Crippen LogP contribution in [0, 0.1) is 6.92 Å². The summed E-state index contributed by atoms with van der Waals surface area (Å²) >= 11 is 1.86. The Bertz CT molecular complexity index is 518. The average Bonchev–Trinajstić information content (AvgIpc) is 2.44. The van der Waals surface area contributed by atoms with Gasteiger partial charge in [0, 0.05) is 24.4 Å². The Labute approximate surface area is 135 Å². The number of nitrogens with one attached hydrogen (secondary N) is 2. The van der Waals surface area contributed by atoms with Crippen LogP contribution in [-0.4, -0.2) is 28.9 Å². The van der Waals surface area contributed by atoms with E-state index in [1.54, 1.807) is 0 Å². The second-order valence-electron chi connectivity index (χ2n) is 5.33. The van der Waals surface area contributed by atoms with Crippen molar-refractivity contribution < 1.29 is 14.7 Å². The number of hydrogen-bond acceptors (Lipinski definition) is 3. The van der Waals surface area contributed by atoms with Gasteiger partial charge in [0.15, 0.2) is 0 Å². The number of benzene rings is 1. The second kappa shape index (κ2) is 9.35. The third-order valence-electron chi connectivity index (χ3n) is 3.12. The van der Waals surface area contributed by atoms with Gasteiger partial charge in [0.25, 0.3) is 0 Å². The van der Waals surface area contributed by atoms with Gasteiger partial charge in [0.1, 0.15) is 0 Å². The summed E-state index contributed by atoms with van der Waals surface area (Å²) in [5.41, 5.74) is 3.07. The maximum absolute atomic E-state index is 11.8. The van der Waals surface area contributed by atoms with Crippen molar-refractivity contribution in [1.29, 1.82) is 0 Å². The minimum atomic E-state index is -0.853. The number of carboxylic acids is 1. The summed E-state index contributed by atoms with van der Waals surface area (Å²) in [6.07, 6.45) is 0.480. The fourth-order valence-corrected chi connectivity index (χ4v) is 2.67. The van der Waals surface area contributed by atoms with Crippen molar-refractivity contribution in [3.63, 3.8) is 0 Å². The highest BCUT2D eigenvalue weighted by Crippen LogP contribution is 2.24. The number of aliphatic carboxylic acids is 1. The fraction of sp³-hybridized carbons (Fsp3) is 0.500. The highest BCUT2D eigenvalue weighted by atomic mass is 32.2. The van der Waals surface area contributed by atoms with Crippen LogP contribution >= 0.6 is 11.8 Å². The Morgan fingerprint density at radius 1 is 1.32 bits per heavy atom. The Hall–Kier alpha value is -1.69. The Morgan fingerprint density at radius 3 is 2.68 bits per heavy atom. The monoisotopic (exact) mass is 324 g/mol. The van der Waals surface area contributed by atoms with Crippen molar-refractivity contribution in [3.05, 3.63) is 29.3 Å². The van der Waals surface area contributed by atoms with Gasteiger partial charge < -0.3 is 15.7 Å². The number of carbonyl (C=O) groups is 2. The number of hydrogen-bond donors (Lipinski definition) is 3. The third-order valence-corrected chi connectivity index (χ3v) is 4.26. The number of amides is 2. The molecule has 122 valence electrons. The molecule has 3 N–H and O–H groups in total. The predicted molar refractivity (Wildman–Crippen MR) is 91.5 cm³/mol. The van der Waals surface area contributed by atoms with E-state index in [0.717, 1.165) is 17.0 Å². The molecule has 0 aliphatic heterocycles. The number of anilines is 1. The van der Waals surface area contributed by atoms with E-state index in [0.29, 0.717) is 18.2 Å². The van der Waals surface area contributed by atoms with Gasteiger partial charge in [-0.05, 0) is 35.8 Å². The highest BCUT2D eigenvalue weighted by Gasteiger charge is 2.08. The number of thioether (sulfide) groups is 1. The molecule has 5 nitrogen and oxygen atoms in total. The molecular formula is C16H24N2O3S. The van der Waals surface area contributed by atoms with Crippen molar-refractivity contribution in [2.75, 3.05) is 11.9 Å². The van der Waals surface area contributed by atoms with Crippen molar-refractivity contribution in [2.24, 2.45) is 0 Å². The predicted octanol–water partition coefficient (Wildman–Crippen LogP) is 3.62. The molecule has 2 amide bonds. The summed E-state index contributed by atoms with van der Waals surface area (Å²) in [5.74, 6) is 0.0626. The normalized spacial score (nSPS) is 10.5. The maximum Gasteiger partial charge on any atom is 0.319 e. The van der Waals surface area contributed by atoms with E-state index < -0.39 is 5.97 Å². The molecule has 1 aromatic rings. The lowest BCUT2D eigenvalue weighted by atomic mass is 10.1. The molecule has 0 atom stereocenters. The van der Waals surface area contributed by atoms with E-state index >= 15 is 0 Å². The minimum absolute atomic E-state index is 0.0568. The van der Waals surface area contributed by atoms with E-state index in [4.69, 9.17) is 5.11 Å². The summed E-state index contributed by atoms with van der Waals surface area (Å²) in [4.78, 5) is 22.2. The van der Waals surface area contributed by atoms with Crippen LogP contribution in [0.5, 0.6) is 0 Å². The van der Waals surface area contributed by atoms with E-state index in [1.165, 1.54) is 5.56 Å². The molecule has 0 fully saturated rings. The van der Waals surface area contributed by atoms with Gasteiger partial charge in [-0.15, -0.1) is 0 Å². The zero-order valence-corrected chi connectivity index (χ0v) is 14.1. The average molecular weight is 324 g/mol. The zero-order chi connectivity index (χ0) is 16.5. The van der Waals surface area contributed by atoms with Crippen LogP contribution in [0.3, 0.4) is 0 Å². The van der Waals surface area contributed by atoms with Gasteiger partial charge in [-0.3, -0.25) is 4.79 Å². The Kier molecular flexibility index (Phi) is 7.80. The molecular weight excluding hydrogens is 300 g/mol. The van der Waals surface area contributed by atoms with Crippen molar-refractivity contribution in [2.45, 2.75) is 44.6 Å². The first-order chi connectivity index (χ1) is 10.4. The van der Waals surface area contributed by atoms with Crippen LogP contribution in [0.25, 0.3) is 0 Å². The summed E-state index contributed by atoms with van der Waals surface area (Å²) < 4.78 is 0. The van der Waals surface area contributed by atoms with Crippen LogP contribution in [0.15, 0.2) is 18.2 Å². The van der Waals surface area contributed by atoms with Gasteiger partial charge in [-0.1, -0.05) is 26.0 Å². The molecule has 0 radical (unpaired) electrons. The summed E-state index contributed by atoms with van der Waals surface area (Å²) in [6, 6.07) is 5.57. The fourth-order valence-electron chi connectivity index (χ4n) is 1.84. The van der Waals surface area contributed by atoms with E-state index in [9.17, 15) is 9.59 Å². The van der Waals surface area contributed by atoms with E-state index in [-0.39, 0.29) is 12.5 Å². The Balaban J connectivity index is 2.52. The third kappa shape index (κ3) is 6.85. The molecule has 1 aromatic carbocycles. The molecule has 0 saturated heterocycles. The minimum Gasteiger partial charge on any atom is -0.481 e. The molecule has 0 spiro atoms. The van der Waals surface area contributed by atoms with Gasteiger partial charge in [0.05, 0.1) is 0 Å². The molecule has 22 heavy (non-hydrogen) atoms. The van der Waals surface area contributed by atoms with Crippen LogP contribution in [0.4, 0.5) is 10.5 Å².